The predicted octanol–water partition coefficient (Wildman–Crippen LogP) is 3.12. The van der Waals surface area contributed by atoms with Crippen molar-refractivity contribution in [1.82, 2.24) is 19.9 Å². The molecule has 1 aliphatic rings. The van der Waals surface area contributed by atoms with Crippen molar-refractivity contribution in [2.75, 3.05) is 17.2 Å². The fraction of sp³-hybridized carbons (Fsp3) is 0.333. The van der Waals surface area contributed by atoms with Crippen LogP contribution in [0.4, 0.5) is 11.6 Å². The van der Waals surface area contributed by atoms with E-state index in [1.54, 1.807) is 12.4 Å². The number of halogens is 1. The fourth-order valence-electron chi connectivity index (χ4n) is 3.25. The van der Waals surface area contributed by atoms with Crippen LogP contribution in [0, 0.1) is 0 Å². The number of fused-ring (bicyclic) bond motifs is 1. The number of hydrogen-bond donors (Lipinski definition) is 2. The Labute approximate surface area is 166 Å². The molecule has 0 unspecified atom stereocenters. The van der Waals surface area contributed by atoms with Crippen LogP contribution in [-0.2, 0) is 0 Å². The number of anilines is 2. The van der Waals surface area contributed by atoms with Crippen LogP contribution in [0.2, 0.25) is 5.02 Å². The molecule has 0 aromatic carbocycles. The summed E-state index contributed by atoms with van der Waals surface area (Å²) in [5.74, 6) is 1.18. The molecule has 1 aliphatic heterocycles. The van der Waals surface area contributed by atoms with E-state index in [1.807, 2.05) is 18.2 Å². The number of rotatable bonds is 3. The molecule has 7 nitrogen and oxygen atoms in total. The Kier molecular flexibility index (Phi) is 5.03. The monoisotopic (exact) mass is 401 g/mol. The zero-order chi connectivity index (χ0) is 19.0. The lowest BCUT2D eigenvalue weighted by atomic mass is 9.99. The normalized spacial score (nSPS) is 20.2. The topological polar surface area (TPSA) is 107 Å². The average molecular weight is 402 g/mol. The third-order valence-corrected chi connectivity index (χ3v) is 6.18. The minimum absolute atomic E-state index is 0.264. The molecule has 3 aromatic heterocycles. The molecule has 0 amide bonds. The molecule has 0 saturated carbocycles. The molecule has 0 spiro atoms. The molecule has 0 bridgehead atoms. The predicted molar refractivity (Wildman–Crippen MR) is 109 cm³/mol. The Hall–Kier alpha value is -2.16. The summed E-state index contributed by atoms with van der Waals surface area (Å²) in [7, 11) is 0. The van der Waals surface area contributed by atoms with E-state index >= 15 is 0 Å². The molecule has 1 fully saturated rings. The molecule has 4 N–H and O–H groups in total. The molecule has 0 radical (unpaired) electrons. The first-order valence-corrected chi connectivity index (χ1v) is 9.94. The summed E-state index contributed by atoms with van der Waals surface area (Å²) in [6.45, 7) is 3.07. The maximum absolute atomic E-state index is 6.21. The van der Waals surface area contributed by atoms with Gasteiger partial charge in [0, 0.05) is 29.7 Å². The Bertz CT molecular complexity index is 983. The summed E-state index contributed by atoms with van der Waals surface area (Å²) < 4.78 is 0. The number of nitrogens with zero attached hydrogens (tertiary/aromatic N) is 5. The maximum atomic E-state index is 6.21. The van der Waals surface area contributed by atoms with Crippen LogP contribution in [0.3, 0.4) is 0 Å². The van der Waals surface area contributed by atoms with Gasteiger partial charge in [0.2, 0.25) is 0 Å². The fourth-order valence-corrected chi connectivity index (χ4v) is 4.30. The van der Waals surface area contributed by atoms with E-state index in [9.17, 15) is 0 Å². The average Bonchev–Trinajstić information content (AvgIpc) is 2.65. The quantitative estimate of drug-likeness (QED) is 0.689. The van der Waals surface area contributed by atoms with Crippen LogP contribution >= 0.6 is 23.4 Å². The second-order valence-electron chi connectivity index (χ2n) is 6.66. The number of aromatic nitrogens is 4. The molecule has 9 heteroatoms. The van der Waals surface area contributed by atoms with Crippen LogP contribution in [0.25, 0.3) is 11.2 Å². The summed E-state index contributed by atoms with van der Waals surface area (Å²) in [5.41, 5.74) is 13.2. The Morgan fingerprint density at radius 2 is 2.07 bits per heavy atom. The van der Waals surface area contributed by atoms with E-state index in [0.717, 1.165) is 40.6 Å². The number of pyridine rings is 2. The number of nitrogens with two attached hydrogens (primary N) is 2. The van der Waals surface area contributed by atoms with Gasteiger partial charge in [-0.1, -0.05) is 23.4 Å². The summed E-state index contributed by atoms with van der Waals surface area (Å²) in [6.07, 6.45) is 5.34. The van der Waals surface area contributed by atoms with Gasteiger partial charge in [0.15, 0.2) is 5.65 Å². The number of nitrogen functional groups attached to an aromatic ring is 1. The zero-order valence-corrected chi connectivity index (χ0v) is 16.4. The van der Waals surface area contributed by atoms with Crippen molar-refractivity contribution in [2.24, 2.45) is 5.73 Å². The first-order chi connectivity index (χ1) is 13.0. The van der Waals surface area contributed by atoms with E-state index in [-0.39, 0.29) is 6.04 Å². The molecule has 140 valence electrons. The highest BCUT2D eigenvalue weighted by molar-refractivity contribution is 7.99. The SMILES string of the molecule is C[C@@H]1C[C@@H](N)CCN1c1cnc2nc(Sc3ccnc(N)c3Cl)ccc2n1. The minimum Gasteiger partial charge on any atom is -0.382 e. The van der Waals surface area contributed by atoms with E-state index in [1.165, 1.54) is 11.8 Å². The molecule has 4 rings (SSSR count). The number of piperidine rings is 1. The Morgan fingerprint density at radius 1 is 1.22 bits per heavy atom. The van der Waals surface area contributed by atoms with Gasteiger partial charge in [-0.3, -0.25) is 0 Å². The van der Waals surface area contributed by atoms with Crippen LogP contribution in [0.1, 0.15) is 19.8 Å². The highest BCUT2D eigenvalue weighted by Gasteiger charge is 2.24. The molecule has 27 heavy (non-hydrogen) atoms. The lowest BCUT2D eigenvalue weighted by Gasteiger charge is -2.37. The lowest BCUT2D eigenvalue weighted by molar-refractivity contribution is 0.427. The third-order valence-electron chi connectivity index (χ3n) is 4.67. The van der Waals surface area contributed by atoms with Gasteiger partial charge in [-0.05, 0) is 38.0 Å². The molecule has 2 atom stereocenters. The summed E-state index contributed by atoms with van der Waals surface area (Å²) in [5, 5.41) is 1.21. The van der Waals surface area contributed by atoms with Crippen LogP contribution < -0.4 is 16.4 Å². The van der Waals surface area contributed by atoms with Gasteiger partial charge in [0.1, 0.15) is 22.2 Å². The summed E-state index contributed by atoms with van der Waals surface area (Å²) in [4.78, 5) is 20.9. The summed E-state index contributed by atoms with van der Waals surface area (Å²) >= 11 is 7.63. The maximum Gasteiger partial charge on any atom is 0.179 e. The van der Waals surface area contributed by atoms with E-state index in [2.05, 4.69) is 26.8 Å². The van der Waals surface area contributed by atoms with E-state index in [4.69, 9.17) is 28.1 Å². The highest BCUT2D eigenvalue weighted by Crippen LogP contribution is 2.35. The van der Waals surface area contributed by atoms with Crippen molar-refractivity contribution in [1.29, 1.82) is 0 Å². The van der Waals surface area contributed by atoms with Crippen molar-refractivity contribution in [2.45, 2.75) is 41.8 Å². The standard InChI is InChI=1S/C18H20ClN7S/c1-10-8-11(20)5-7-26(10)14-9-23-18-12(24-14)2-3-15(25-18)27-13-4-6-22-17(21)16(13)19/h2-4,6,9-11H,5,7-8,20H2,1H3,(H2,21,22)/t10-,11+/m1/s1. The number of hydrogen-bond acceptors (Lipinski definition) is 8. The molecular formula is C18H20ClN7S. The first-order valence-electron chi connectivity index (χ1n) is 8.75. The lowest BCUT2D eigenvalue weighted by Crippen LogP contribution is -2.46. The minimum atomic E-state index is 0.264. The van der Waals surface area contributed by atoms with Crippen LogP contribution in [-0.4, -0.2) is 38.6 Å². The molecule has 4 heterocycles. The Morgan fingerprint density at radius 3 is 2.89 bits per heavy atom. The van der Waals surface area contributed by atoms with Crippen LogP contribution in [0.15, 0.2) is 40.5 Å². The largest absolute Gasteiger partial charge is 0.382 e. The van der Waals surface area contributed by atoms with Gasteiger partial charge in [-0.15, -0.1) is 0 Å². The second-order valence-corrected chi connectivity index (χ2v) is 8.10. The van der Waals surface area contributed by atoms with Gasteiger partial charge < -0.3 is 16.4 Å². The second kappa shape index (κ2) is 7.46. The third kappa shape index (κ3) is 3.78. The smallest absolute Gasteiger partial charge is 0.179 e. The van der Waals surface area contributed by atoms with Gasteiger partial charge in [0.25, 0.3) is 0 Å². The van der Waals surface area contributed by atoms with Crippen molar-refractivity contribution < 1.29 is 0 Å². The van der Waals surface area contributed by atoms with Gasteiger partial charge in [-0.25, -0.2) is 19.9 Å². The Balaban J connectivity index is 1.60. The van der Waals surface area contributed by atoms with Gasteiger partial charge >= 0.3 is 0 Å². The van der Waals surface area contributed by atoms with Crippen molar-refractivity contribution in [3.05, 3.63) is 35.6 Å². The molecule has 1 saturated heterocycles. The van der Waals surface area contributed by atoms with Crippen molar-refractivity contribution >= 4 is 46.2 Å². The van der Waals surface area contributed by atoms with Gasteiger partial charge in [0.05, 0.1) is 11.2 Å². The molecule has 0 aliphatic carbocycles. The summed E-state index contributed by atoms with van der Waals surface area (Å²) in [6, 6.07) is 6.27. The first kappa shape index (κ1) is 18.2. The van der Waals surface area contributed by atoms with E-state index in [0.29, 0.717) is 22.5 Å². The van der Waals surface area contributed by atoms with E-state index < -0.39 is 0 Å². The zero-order valence-electron chi connectivity index (χ0n) is 14.8. The molecular weight excluding hydrogens is 382 g/mol. The highest BCUT2D eigenvalue weighted by atomic mass is 35.5. The van der Waals surface area contributed by atoms with Crippen molar-refractivity contribution in [3.63, 3.8) is 0 Å². The molecule has 3 aromatic rings. The van der Waals surface area contributed by atoms with Crippen molar-refractivity contribution in [3.8, 4) is 0 Å². The van der Waals surface area contributed by atoms with Crippen LogP contribution in [0.5, 0.6) is 0 Å². The van der Waals surface area contributed by atoms with Gasteiger partial charge in [-0.2, -0.15) is 0 Å².